The first-order chi connectivity index (χ1) is 4.89. The summed E-state index contributed by atoms with van der Waals surface area (Å²) in [5.74, 6) is 0. The molecule has 0 saturated heterocycles. The molecule has 1 N–H and O–H groups in total. The maximum Gasteiger partial charge on any atom is 0.0137 e. The highest BCUT2D eigenvalue weighted by atomic mass is 14.8. The highest BCUT2D eigenvalue weighted by Gasteiger charge is 1.94. The van der Waals surface area contributed by atoms with E-state index < -0.39 is 0 Å². The molecule has 1 aliphatic heterocycles. The first kappa shape index (κ1) is 9.70. The summed E-state index contributed by atoms with van der Waals surface area (Å²) in [4.78, 5) is 0. The topological polar surface area (TPSA) is 12.0 Å². The Kier molecular flexibility index (Phi) is 6.61. The molecule has 1 nitrogen and oxygen atoms in total. The lowest BCUT2D eigenvalue weighted by atomic mass is 10.2. The minimum absolute atomic E-state index is 1.08. The van der Waals surface area contributed by atoms with Gasteiger partial charge >= 0.3 is 0 Å². The standard InChI is InChI=1S/C7H13N.C2H6/c1-7-3-2-5-8-6-4-7;1-2/h4,8H,2-3,5-6H2,1H3;1-2H3. The smallest absolute Gasteiger partial charge is 0.0137 e. The molecular formula is C9H19N. The van der Waals surface area contributed by atoms with E-state index in [2.05, 4.69) is 18.3 Å². The molecule has 1 rings (SSSR count). The fourth-order valence-electron chi connectivity index (χ4n) is 0.943. The van der Waals surface area contributed by atoms with Gasteiger partial charge in [0.1, 0.15) is 0 Å². The van der Waals surface area contributed by atoms with Crippen LogP contribution in [0.25, 0.3) is 0 Å². The fourth-order valence-corrected chi connectivity index (χ4v) is 0.943. The van der Waals surface area contributed by atoms with Crippen LogP contribution in [0.2, 0.25) is 0 Å². The van der Waals surface area contributed by atoms with E-state index in [-0.39, 0.29) is 0 Å². The first-order valence-electron chi connectivity index (χ1n) is 4.26. The van der Waals surface area contributed by atoms with Crippen LogP contribution in [0.1, 0.15) is 33.6 Å². The molecule has 0 amide bonds. The van der Waals surface area contributed by atoms with Crippen molar-refractivity contribution in [3.63, 3.8) is 0 Å². The van der Waals surface area contributed by atoms with E-state index >= 15 is 0 Å². The second kappa shape index (κ2) is 6.81. The van der Waals surface area contributed by atoms with E-state index in [4.69, 9.17) is 0 Å². The van der Waals surface area contributed by atoms with Crippen molar-refractivity contribution in [2.24, 2.45) is 0 Å². The van der Waals surface area contributed by atoms with Crippen LogP contribution in [0, 0.1) is 0 Å². The van der Waals surface area contributed by atoms with Crippen molar-refractivity contribution in [1.82, 2.24) is 5.32 Å². The Morgan fingerprint density at radius 2 is 2.10 bits per heavy atom. The zero-order valence-electron chi connectivity index (χ0n) is 7.41. The minimum Gasteiger partial charge on any atom is -0.313 e. The molecule has 0 unspecified atom stereocenters. The van der Waals surface area contributed by atoms with Crippen LogP contribution in [0.4, 0.5) is 0 Å². The maximum atomic E-state index is 3.30. The maximum absolute atomic E-state index is 3.30. The molecule has 10 heavy (non-hydrogen) atoms. The summed E-state index contributed by atoms with van der Waals surface area (Å²) in [6, 6.07) is 0. The third kappa shape index (κ3) is 4.57. The van der Waals surface area contributed by atoms with Gasteiger partial charge in [-0.25, -0.2) is 0 Å². The SMILES string of the molecule is CC.CC1=CCNCCC1. The number of allylic oxidation sites excluding steroid dienone is 1. The van der Waals surface area contributed by atoms with Crippen molar-refractivity contribution in [2.45, 2.75) is 33.6 Å². The van der Waals surface area contributed by atoms with E-state index in [0.717, 1.165) is 6.54 Å². The minimum atomic E-state index is 1.08. The molecule has 0 aliphatic carbocycles. The van der Waals surface area contributed by atoms with E-state index in [1.165, 1.54) is 25.0 Å². The second-order valence-corrected chi connectivity index (χ2v) is 2.36. The van der Waals surface area contributed by atoms with Gasteiger partial charge in [-0.3, -0.25) is 0 Å². The third-order valence-corrected chi connectivity index (χ3v) is 1.52. The van der Waals surface area contributed by atoms with E-state index in [1.807, 2.05) is 13.8 Å². The molecule has 0 radical (unpaired) electrons. The van der Waals surface area contributed by atoms with Gasteiger partial charge in [-0.05, 0) is 26.3 Å². The van der Waals surface area contributed by atoms with Gasteiger partial charge in [0.15, 0.2) is 0 Å². The van der Waals surface area contributed by atoms with Crippen molar-refractivity contribution in [2.75, 3.05) is 13.1 Å². The van der Waals surface area contributed by atoms with Gasteiger partial charge in [-0.1, -0.05) is 25.5 Å². The van der Waals surface area contributed by atoms with Crippen molar-refractivity contribution >= 4 is 0 Å². The lowest BCUT2D eigenvalue weighted by molar-refractivity contribution is 0.715. The second-order valence-electron chi connectivity index (χ2n) is 2.36. The quantitative estimate of drug-likeness (QED) is 0.511. The van der Waals surface area contributed by atoms with Gasteiger partial charge in [-0.15, -0.1) is 0 Å². The summed E-state index contributed by atoms with van der Waals surface area (Å²) in [5, 5.41) is 3.30. The predicted molar refractivity (Wildman–Crippen MR) is 47.2 cm³/mol. The molecule has 0 aromatic rings. The van der Waals surface area contributed by atoms with Crippen LogP contribution < -0.4 is 5.32 Å². The number of hydrogen-bond acceptors (Lipinski definition) is 1. The molecule has 60 valence electrons. The van der Waals surface area contributed by atoms with Crippen molar-refractivity contribution < 1.29 is 0 Å². The summed E-state index contributed by atoms with van der Waals surface area (Å²) < 4.78 is 0. The largest absolute Gasteiger partial charge is 0.313 e. The number of rotatable bonds is 0. The lowest BCUT2D eigenvalue weighted by Gasteiger charge is -1.92. The number of nitrogens with one attached hydrogen (secondary N) is 1. The molecule has 1 heterocycles. The molecule has 1 heteroatoms. The van der Waals surface area contributed by atoms with Crippen LogP contribution in [0.3, 0.4) is 0 Å². The zero-order chi connectivity index (χ0) is 7.82. The Hall–Kier alpha value is -0.300. The van der Waals surface area contributed by atoms with E-state index in [1.54, 1.807) is 0 Å². The molecular weight excluding hydrogens is 122 g/mol. The van der Waals surface area contributed by atoms with Crippen LogP contribution in [-0.4, -0.2) is 13.1 Å². The molecule has 0 fully saturated rings. The van der Waals surface area contributed by atoms with Crippen LogP contribution >= 0.6 is 0 Å². The molecule has 0 aromatic heterocycles. The summed E-state index contributed by atoms with van der Waals surface area (Å²) in [7, 11) is 0. The summed E-state index contributed by atoms with van der Waals surface area (Å²) >= 11 is 0. The van der Waals surface area contributed by atoms with Gasteiger partial charge in [0.2, 0.25) is 0 Å². The van der Waals surface area contributed by atoms with Gasteiger partial charge in [-0.2, -0.15) is 0 Å². The molecule has 0 aromatic carbocycles. The monoisotopic (exact) mass is 141 g/mol. The van der Waals surface area contributed by atoms with Crippen LogP contribution in [0.5, 0.6) is 0 Å². The predicted octanol–water partition coefficient (Wildman–Crippen LogP) is 2.34. The highest BCUT2D eigenvalue weighted by molar-refractivity contribution is 5.00. The number of hydrogen-bond donors (Lipinski definition) is 1. The summed E-state index contributed by atoms with van der Waals surface area (Å²) in [5.41, 5.74) is 1.54. The van der Waals surface area contributed by atoms with Crippen LogP contribution in [-0.2, 0) is 0 Å². The van der Waals surface area contributed by atoms with Gasteiger partial charge < -0.3 is 5.32 Å². The van der Waals surface area contributed by atoms with Gasteiger partial charge in [0.25, 0.3) is 0 Å². The molecule has 0 spiro atoms. The Morgan fingerprint density at radius 3 is 2.80 bits per heavy atom. The highest BCUT2D eigenvalue weighted by Crippen LogP contribution is 2.03. The average Bonchev–Trinajstić information content (AvgIpc) is 2.21. The Labute approximate surface area is 64.5 Å². The zero-order valence-corrected chi connectivity index (χ0v) is 7.41. The summed E-state index contributed by atoms with van der Waals surface area (Å²) in [6.45, 7) is 8.46. The Balaban J connectivity index is 0.000000371. The van der Waals surface area contributed by atoms with Crippen molar-refractivity contribution in [3.8, 4) is 0 Å². The average molecular weight is 141 g/mol. The summed E-state index contributed by atoms with van der Waals surface area (Å²) in [6.07, 6.45) is 4.86. The molecule has 0 bridgehead atoms. The van der Waals surface area contributed by atoms with Gasteiger partial charge in [0.05, 0.1) is 0 Å². The van der Waals surface area contributed by atoms with E-state index in [0.29, 0.717) is 0 Å². The van der Waals surface area contributed by atoms with Crippen molar-refractivity contribution in [3.05, 3.63) is 11.6 Å². The van der Waals surface area contributed by atoms with Gasteiger partial charge in [0, 0.05) is 6.54 Å². The molecule has 0 atom stereocenters. The third-order valence-electron chi connectivity index (χ3n) is 1.52. The normalized spacial score (nSPS) is 18.1. The lowest BCUT2D eigenvalue weighted by Crippen LogP contribution is -2.12. The first-order valence-corrected chi connectivity index (χ1v) is 4.26. The molecule has 0 saturated carbocycles. The van der Waals surface area contributed by atoms with Crippen molar-refractivity contribution in [1.29, 1.82) is 0 Å². The van der Waals surface area contributed by atoms with Crippen LogP contribution in [0.15, 0.2) is 11.6 Å². The molecule has 1 aliphatic rings. The fraction of sp³-hybridized carbons (Fsp3) is 0.778. The van der Waals surface area contributed by atoms with E-state index in [9.17, 15) is 0 Å². The Morgan fingerprint density at radius 1 is 1.40 bits per heavy atom. The Bertz CT molecular complexity index is 94.9.